The lowest BCUT2D eigenvalue weighted by molar-refractivity contribution is -0.120. The Hall–Kier alpha value is -1.36. The quantitative estimate of drug-likeness (QED) is 0.842. The molecule has 0 atom stereocenters. The van der Waals surface area contributed by atoms with Crippen LogP contribution in [0.2, 0.25) is 5.15 Å². The molecule has 1 N–H and O–H groups in total. The van der Waals surface area contributed by atoms with Crippen LogP contribution in [0.25, 0.3) is 0 Å². The number of carbonyl (C=O) groups excluding carboxylic acids is 1. The van der Waals surface area contributed by atoms with Crippen molar-refractivity contribution in [2.75, 3.05) is 18.5 Å². The van der Waals surface area contributed by atoms with E-state index in [-0.39, 0.29) is 24.4 Å². The lowest BCUT2D eigenvalue weighted by atomic mass is 10.1. The van der Waals surface area contributed by atoms with Gasteiger partial charge in [-0.3, -0.25) is 4.79 Å². The van der Waals surface area contributed by atoms with E-state index in [1.165, 1.54) is 6.33 Å². The smallest absolute Gasteiger partial charge is 0.239 e. The van der Waals surface area contributed by atoms with Crippen molar-refractivity contribution in [1.82, 2.24) is 15.3 Å². The maximum Gasteiger partial charge on any atom is 0.239 e. The number of aromatic nitrogens is 2. The standard InChI is InChI=1S/C13H21ClN4O/c1-8(2)11-12(14)15-7-16-13(11)18(5)6-10(19)17-9(3)4/h7-9H,6H2,1-5H3,(H,17,19). The number of carbonyl (C=O) groups is 1. The minimum atomic E-state index is -0.0399. The van der Waals surface area contributed by atoms with Crippen LogP contribution >= 0.6 is 11.6 Å². The lowest BCUT2D eigenvalue weighted by Gasteiger charge is -2.23. The highest BCUT2D eigenvalue weighted by molar-refractivity contribution is 6.30. The van der Waals surface area contributed by atoms with Gasteiger partial charge < -0.3 is 10.2 Å². The predicted octanol–water partition coefficient (Wildman–Crippen LogP) is 2.21. The molecule has 0 bridgehead atoms. The van der Waals surface area contributed by atoms with Crippen molar-refractivity contribution in [3.05, 3.63) is 17.0 Å². The molecule has 0 saturated heterocycles. The largest absolute Gasteiger partial charge is 0.352 e. The molecule has 0 fully saturated rings. The van der Waals surface area contributed by atoms with E-state index >= 15 is 0 Å². The summed E-state index contributed by atoms with van der Waals surface area (Å²) in [4.78, 5) is 21.8. The fraction of sp³-hybridized carbons (Fsp3) is 0.615. The van der Waals surface area contributed by atoms with Gasteiger partial charge in [-0.1, -0.05) is 25.4 Å². The van der Waals surface area contributed by atoms with Crippen molar-refractivity contribution in [2.24, 2.45) is 0 Å². The molecule has 1 aromatic heterocycles. The van der Waals surface area contributed by atoms with Crippen molar-refractivity contribution in [1.29, 1.82) is 0 Å². The van der Waals surface area contributed by atoms with Gasteiger partial charge in [0.25, 0.3) is 0 Å². The van der Waals surface area contributed by atoms with Gasteiger partial charge in [-0.05, 0) is 19.8 Å². The van der Waals surface area contributed by atoms with Crippen LogP contribution in [0.1, 0.15) is 39.2 Å². The summed E-state index contributed by atoms with van der Waals surface area (Å²) in [5.74, 6) is 0.857. The van der Waals surface area contributed by atoms with Crippen LogP contribution in [0, 0.1) is 0 Å². The van der Waals surface area contributed by atoms with E-state index in [0.717, 1.165) is 5.56 Å². The highest BCUT2D eigenvalue weighted by atomic mass is 35.5. The van der Waals surface area contributed by atoms with E-state index in [0.29, 0.717) is 11.0 Å². The Morgan fingerprint density at radius 1 is 1.37 bits per heavy atom. The number of nitrogens with zero attached hydrogens (tertiary/aromatic N) is 3. The second kappa shape index (κ2) is 6.70. The molecule has 0 saturated carbocycles. The number of rotatable bonds is 5. The van der Waals surface area contributed by atoms with E-state index in [1.807, 2.05) is 34.7 Å². The third-order valence-electron chi connectivity index (χ3n) is 2.58. The molecule has 0 aliphatic heterocycles. The Kier molecular flexibility index (Phi) is 5.54. The van der Waals surface area contributed by atoms with Gasteiger partial charge in [-0.15, -0.1) is 0 Å². The molecule has 0 spiro atoms. The molecule has 0 aliphatic carbocycles. The van der Waals surface area contributed by atoms with E-state index in [4.69, 9.17) is 11.6 Å². The van der Waals surface area contributed by atoms with Gasteiger partial charge >= 0.3 is 0 Å². The zero-order valence-corrected chi connectivity index (χ0v) is 12.8. The first-order valence-electron chi connectivity index (χ1n) is 6.33. The first-order chi connectivity index (χ1) is 8.82. The Morgan fingerprint density at radius 2 is 2.00 bits per heavy atom. The molecular formula is C13H21ClN4O. The zero-order chi connectivity index (χ0) is 14.6. The summed E-state index contributed by atoms with van der Waals surface area (Å²) in [6.45, 7) is 8.15. The number of anilines is 1. The van der Waals surface area contributed by atoms with Crippen LogP contribution in [0.15, 0.2) is 6.33 Å². The van der Waals surface area contributed by atoms with Crippen LogP contribution in [-0.4, -0.2) is 35.5 Å². The van der Waals surface area contributed by atoms with Crippen LogP contribution in [0.4, 0.5) is 5.82 Å². The minimum absolute atomic E-state index is 0.0399. The van der Waals surface area contributed by atoms with E-state index < -0.39 is 0 Å². The number of likely N-dealkylation sites (N-methyl/N-ethyl adjacent to an activating group) is 1. The van der Waals surface area contributed by atoms with Crippen molar-refractivity contribution in [3.8, 4) is 0 Å². The molecule has 5 nitrogen and oxygen atoms in total. The second-order valence-electron chi connectivity index (χ2n) is 5.13. The topological polar surface area (TPSA) is 58.1 Å². The Morgan fingerprint density at radius 3 is 2.53 bits per heavy atom. The summed E-state index contributed by atoms with van der Waals surface area (Å²) in [6, 6.07) is 0.124. The summed E-state index contributed by atoms with van der Waals surface area (Å²) in [7, 11) is 1.82. The summed E-state index contributed by atoms with van der Waals surface area (Å²) in [5, 5.41) is 3.29. The number of hydrogen-bond donors (Lipinski definition) is 1. The van der Waals surface area contributed by atoms with Crippen LogP contribution in [0.3, 0.4) is 0 Å². The van der Waals surface area contributed by atoms with Gasteiger partial charge in [0.1, 0.15) is 17.3 Å². The first kappa shape index (κ1) is 15.7. The van der Waals surface area contributed by atoms with Gasteiger partial charge in [0.2, 0.25) is 5.91 Å². The Labute approximate surface area is 119 Å². The predicted molar refractivity (Wildman–Crippen MR) is 77.7 cm³/mol. The van der Waals surface area contributed by atoms with Crippen LogP contribution in [-0.2, 0) is 4.79 Å². The molecule has 106 valence electrons. The summed E-state index contributed by atoms with van der Waals surface area (Å²) < 4.78 is 0. The van der Waals surface area contributed by atoms with Crippen molar-refractivity contribution in [3.63, 3.8) is 0 Å². The van der Waals surface area contributed by atoms with Crippen LogP contribution < -0.4 is 10.2 Å². The zero-order valence-electron chi connectivity index (χ0n) is 12.1. The van der Waals surface area contributed by atoms with Gasteiger partial charge in [-0.25, -0.2) is 9.97 Å². The molecule has 1 amide bonds. The van der Waals surface area contributed by atoms with E-state index in [1.54, 1.807) is 4.90 Å². The molecule has 1 heterocycles. The van der Waals surface area contributed by atoms with E-state index in [2.05, 4.69) is 15.3 Å². The molecule has 19 heavy (non-hydrogen) atoms. The average Bonchev–Trinajstić information content (AvgIpc) is 2.26. The van der Waals surface area contributed by atoms with Gasteiger partial charge in [-0.2, -0.15) is 0 Å². The molecule has 1 rings (SSSR count). The maximum absolute atomic E-state index is 11.8. The fourth-order valence-electron chi connectivity index (χ4n) is 1.82. The van der Waals surface area contributed by atoms with Crippen LogP contribution in [0.5, 0.6) is 0 Å². The van der Waals surface area contributed by atoms with Crippen molar-refractivity contribution < 1.29 is 4.79 Å². The summed E-state index contributed by atoms with van der Waals surface area (Å²) in [5.41, 5.74) is 0.865. The number of nitrogens with one attached hydrogen (secondary N) is 1. The highest BCUT2D eigenvalue weighted by Crippen LogP contribution is 2.29. The molecule has 0 aromatic carbocycles. The molecule has 0 radical (unpaired) electrons. The van der Waals surface area contributed by atoms with Crippen molar-refractivity contribution >= 4 is 23.3 Å². The second-order valence-corrected chi connectivity index (χ2v) is 5.49. The van der Waals surface area contributed by atoms with E-state index in [9.17, 15) is 4.79 Å². The molecular weight excluding hydrogens is 264 g/mol. The normalized spacial score (nSPS) is 10.9. The van der Waals surface area contributed by atoms with Crippen molar-refractivity contribution in [2.45, 2.75) is 39.7 Å². The summed E-state index contributed by atoms with van der Waals surface area (Å²) >= 11 is 6.11. The fourth-order valence-corrected chi connectivity index (χ4v) is 2.17. The summed E-state index contributed by atoms with van der Waals surface area (Å²) in [6.07, 6.45) is 1.42. The third kappa shape index (κ3) is 4.35. The molecule has 6 heteroatoms. The third-order valence-corrected chi connectivity index (χ3v) is 2.88. The average molecular weight is 285 g/mol. The molecule has 1 aromatic rings. The highest BCUT2D eigenvalue weighted by Gasteiger charge is 2.18. The minimum Gasteiger partial charge on any atom is -0.352 e. The molecule has 0 unspecified atom stereocenters. The molecule has 0 aliphatic rings. The maximum atomic E-state index is 11.8. The van der Waals surface area contributed by atoms with Gasteiger partial charge in [0, 0.05) is 18.7 Å². The number of hydrogen-bond acceptors (Lipinski definition) is 4. The Bertz CT molecular complexity index is 448. The first-order valence-corrected chi connectivity index (χ1v) is 6.71. The Balaban J connectivity index is 2.91. The van der Waals surface area contributed by atoms with Gasteiger partial charge in [0.05, 0.1) is 6.54 Å². The monoisotopic (exact) mass is 284 g/mol. The SMILES string of the molecule is CC(C)NC(=O)CN(C)c1ncnc(Cl)c1C(C)C. The lowest BCUT2D eigenvalue weighted by Crippen LogP contribution is -2.39. The number of halogens is 1. The van der Waals surface area contributed by atoms with Gasteiger partial charge in [0.15, 0.2) is 0 Å². The number of amides is 1.